The Bertz CT molecular complexity index is 1370. The highest BCUT2D eigenvalue weighted by molar-refractivity contribution is 7.88. The Morgan fingerprint density at radius 2 is 1.75 bits per heavy atom. The molecule has 8 heteroatoms. The molecule has 0 unspecified atom stereocenters. The molecule has 190 valence electrons. The van der Waals surface area contributed by atoms with E-state index in [-0.39, 0.29) is 11.2 Å². The van der Waals surface area contributed by atoms with E-state index in [1.54, 1.807) is 13.2 Å². The molecule has 36 heavy (non-hydrogen) atoms. The standard InChI is InChI=1S/C28H27F3O4S/c1-27-16-15-24-23-13-11-22(35-36(32,33)28(29,30)31)17-19(23)6-12-25(24)26(27)14-8-20(27)7-3-18-4-9-21(34-2)10-5-18/h4-5,8-11,13,17,24-26H,6,12,14-16H2,1-2H3/t24-,25-,26+,27-/m1/s1. The van der Waals surface area contributed by atoms with Gasteiger partial charge in [-0.05, 0) is 97.4 Å². The van der Waals surface area contributed by atoms with E-state index in [4.69, 9.17) is 4.74 Å². The number of hydrogen-bond donors (Lipinski definition) is 0. The second kappa shape index (κ2) is 8.88. The van der Waals surface area contributed by atoms with Crippen LogP contribution in [0.2, 0.25) is 0 Å². The van der Waals surface area contributed by atoms with Gasteiger partial charge in [0.1, 0.15) is 11.5 Å². The van der Waals surface area contributed by atoms with Crippen LogP contribution < -0.4 is 8.92 Å². The Labute approximate surface area is 209 Å². The van der Waals surface area contributed by atoms with E-state index in [1.165, 1.54) is 17.7 Å². The van der Waals surface area contributed by atoms with Crippen molar-refractivity contribution >= 4 is 10.1 Å². The molecule has 5 rings (SSSR count). The quantitative estimate of drug-likeness (QED) is 0.270. The van der Waals surface area contributed by atoms with Crippen LogP contribution in [0.1, 0.15) is 55.2 Å². The van der Waals surface area contributed by atoms with Crippen molar-refractivity contribution in [2.75, 3.05) is 7.11 Å². The number of allylic oxidation sites excluding steroid dienone is 2. The number of fused-ring (bicyclic) bond motifs is 5. The Morgan fingerprint density at radius 3 is 2.44 bits per heavy atom. The lowest BCUT2D eigenvalue weighted by molar-refractivity contribution is -0.0500. The second-order valence-electron chi connectivity index (χ2n) is 10.0. The summed E-state index contributed by atoms with van der Waals surface area (Å²) >= 11 is 0. The Balaban J connectivity index is 1.34. The molecule has 0 aliphatic heterocycles. The van der Waals surface area contributed by atoms with E-state index in [1.807, 2.05) is 24.3 Å². The van der Waals surface area contributed by atoms with Gasteiger partial charge in [-0.3, -0.25) is 0 Å². The van der Waals surface area contributed by atoms with Gasteiger partial charge in [0.15, 0.2) is 0 Å². The first-order chi connectivity index (χ1) is 17.0. The van der Waals surface area contributed by atoms with Crippen LogP contribution >= 0.6 is 0 Å². The maximum atomic E-state index is 12.7. The molecule has 1 saturated carbocycles. The summed E-state index contributed by atoms with van der Waals surface area (Å²) in [5.74, 6) is 8.43. The molecule has 0 radical (unpaired) electrons. The molecule has 0 saturated heterocycles. The summed E-state index contributed by atoms with van der Waals surface area (Å²) in [5, 5.41) is 0. The molecule has 4 nitrogen and oxygen atoms in total. The van der Waals surface area contributed by atoms with Crippen molar-refractivity contribution in [1.29, 1.82) is 0 Å². The third kappa shape index (κ3) is 4.28. The van der Waals surface area contributed by atoms with Gasteiger partial charge in [-0.2, -0.15) is 21.6 Å². The normalized spacial score (nSPS) is 27.0. The summed E-state index contributed by atoms with van der Waals surface area (Å²) in [6.45, 7) is 2.31. The van der Waals surface area contributed by atoms with Gasteiger partial charge in [0.2, 0.25) is 0 Å². The van der Waals surface area contributed by atoms with Gasteiger partial charge < -0.3 is 8.92 Å². The van der Waals surface area contributed by atoms with Gasteiger partial charge in [0.05, 0.1) is 7.11 Å². The third-order valence-electron chi connectivity index (χ3n) is 8.20. The lowest BCUT2D eigenvalue weighted by Gasteiger charge is -2.49. The molecule has 0 N–H and O–H groups in total. The van der Waals surface area contributed by atoms with Gasteiger partial charge in [-0.1, -0.05) is 30.9 Å². The topological polar surface area (TPSA) is 52.6 Å². The first kappa shape index (κ1) is 24.8. The average molecular weight is 517 g/mol. The molecule has 0 amide bonds. The highest BCUT2D eigenvalue weighted by Crippen LogP contribution is 2.61. The zero-order valence-electron chi connectivity index (χ0n) is 20.1. The minimum atomic E-state index is -5.68. The van der Waals surface area contributed by atoms with Crippen LogP contribution in [0, 0.1) is 29.1 Å². The minimum Gasteiger partial charge on any atom is -0.497 e. The van der Waals surface area contributed by atoms with E-state index in [2.05, 4.69) is 29.0 Å². The fourth-order valence-electron chi connectivity index (χ4n) is 6.36. The van der Waals surface area contributed by atoms with E-state index in [0.29, 0.717) is 24.2 Å². The van der Waals surface area contributed by atoms with Crippen LogP contribution in [-0.2, 0) is 16.5 Å². The molecular formula is C28H27F3O4S. The number of methoxy groups -OCH3 is 1. The molecule has 0 bridgehead atoms. The van der Waals surface area contributed by atoms with E-state index in [9.17, 15) is 21.6 Å². The number of rotatable bonds is 3. The van der Waals surface area contributed by atoms with Crippen molar-refractivity contribution in [1.82, 2.24) is 0 Å². The number of halogens is 3. The van der Waals surface area contributed by atoms with E-state index < -0.39 is 15.6 Å². The summed E-state index contributed by atoms with van der Waals surface area (Å²) < 4.78 is 70.6. The Morgan fingerprint density at radius 1 is 1.03 bits per heavy atom. The van der Waals surface area contributed by atoms with Crippen molar-refractivity contribution in [3.63, 3.8) is 0 Å². The van der Waals surface area contributed by atoms with Crippen LogP contribution in [0.5, 0.6) is 11.5 Å². The van der Waals surface area contributed by atoms with Crippen LogP contribution in [0.4, 0.5) is 13.2 Å². The summed E-state index contributed by atoms with van der Waals surface area (Å²) in [7, 11) is -4.05. The average Bonchev–Trinajstić information content (AvgIpc) is 3.18. The predicted molar refractivity (Wildman–Crippen MR) is 130 cm³/mol. The predicted octanol–water partition coefficient (Wildman–Crippen LogP) is 6.37. The van der Waals surface area contributed by atoms with E-state index >= 15 is 0 Å². The van der Waals surface area contributed by atoms with Crippen molar-refractivity contribution < 1.29 is 30.5 Å². The molecular weight excluding hydrogens is 489 g/mol. The molecule has 2 aromatic carbocycles. The summed E-state index contributed by atoms with van der Waals surface area (Å²) in [6.07, 6.45) is 6.75. The molecule has 4 atom stereocenters. The fraction of sp³-hybridized carbons (Fsp3) is 0.429. The highest BCUT2D eigenvalue weighted by Gasteiger charge is 2.52. The highest BCUT2D eigenvalue weighted by atomic mass is 32.2. The first-order valence-corrected chi connectivity index (χ1v) is 13.4. The summed E-state index contributed by atoms with van der Waals surface area (Å²) in [4.78, 5) is 0. The maximum Gasteiger partial charge on any atom is 0.534 e. The second-order valence-corrected chi connectivity index (χ2v) is 11.6. The first-order valence-electron chi connectivity index (χ1n) is 12.0. The summed E-state index contributed by atoms with van der Waals surface area (Å²) in [5.41, 5.74) is -1.35. The van der Waals surface area contributed by atoms with Crippen LogP contribution in [0.3, 0.4) is 0 Å². The fourth-order valence-corrected chi connectivity index (χ4v) is 6.81. The van der Waals surface area contributed by atoms with Gasteiger partial charge in [0, 0.05) is 16.6 Å². The Kier molecular flexibility index (Phi) is 6.11. The maximum absolute atomic E-state index is 12.7. The smallest absolute Gasteiger partial charge is 0.497 e. The molecule has 1 fully saturated rings. The van der Waals surface area contributed by atoms with Crippen molar-refractivity contribution in [3.8, 4) is 23.3 Å². The zero-order valence-corrected chi connectivity index (χ0v) is 20.9. The van der Waals surface area contributed by atoms with Crippen LogP contribution in [0.15, 0.2) is 54.1 Å². The molecule has 2 aromatic rings. The molecule has 3 aliphatic rings. The number of aryl methyl sites for hydroxylation is 1. The van der Waals surface area contributed by atoms with Crippen molar-refractivity contribution in [2.45, 2.75) is 50.5 Å². The van der Waals surface area contributed by atoms with E-state index in [0.717, 1.165) is 48.1 Å². The number of hydrogen-bond acceptors (Lipinski definition) is 4. The molecule has 0 heterocycles. The van der Waals surface area contributed by atoms with Crippen LogP contribution in [0.25, 0.3) is 0 Å². The molecule has 0 spiro atoms. The van der Waals surface area contributed by atoms with Gasteiger partial charge in [0.25, 0.3) is 0 Å². The van der Waals surface area contributed by atoms with Crippen molar-refractivity contribution in [2.24, 2.45) is 17.3 Å². The molecule has 3 aliphatic carbocycles. The summed E-state index contributed by atoms with van der Waals surface area (Å²) in [6, 6.07) is 12.3. The zero-order chi connectivity index (χ0) is 25.7. The molecule has 0 aromatic heterocycles. The third-order valence-corrected chi connectivity index (χ3v) is 9.18. The van der Waals surface area contributed by atoms with Gasteiger partial charge in [-0.25, -0.2) is 0 Å². The van der Waals surface area contributed by atoms with Crippen molar-refractivity contribution in [3.05, 3.63) is 70.8 Å². The number of alkyl halides is 3. The van der Waals surface area contributed by atoms with Crippen LogP contribution in [-0.4, -0.2) is 21.0 Å². The van der Waals surface area contributed by atoms with Gasteiger partial charge >= 0.3 is 15.6 Å². The number of benzene rings is 2. The number of ether oxygens (including phenoxy) is 1. The lowest BCUT2D eigenvalue weighted by Crippen LogP contribution is -2.41. The Hall–Kier alpha value is -2.92. The SMILES string of the molecule is COc1ccc(C#CC2=CC[C@H]3[C@@H]4CCc5cc(OS(=O)(=O)C(F)(F)F)ccc5[C@H]4CC[C@]23C)cc1. The minimum absolute atomic E-state index is 0.00196. The largest absolute Gasteiger partial charge is 0.534 e. The van der Waals surface area contributed by atoms with Gasteiger partial charge in [-0.15, -0.1) is 0 Å². The monoisotopic (exact) mass is 516 g/mol. The lowest BCUT2D eigenvalue weighted by atomic mass is 9.54.